The van der Waals surface area contributed by atoms with Crippen molar-refractivity contribution >= 4 is 165 Å². The van der Waals surface area contributed by atoms with Crippen LogP contribution < -0.4 is 0 Å². The van der Waals surface area contributed by atoms with Gasteiger partial charge < -0.3 is 29.5 Å². The summed E-state index contributed by atoms with van der Waals surface area (Å²) in [4.78, 5) is 25.7. The molecule has 280 valence electrons. The first-order chi connectivity index (χ1) is 22.2. The number of carbonyl (C=O) groups is 2. The molecular weight excluding hydrogens is 782 g/mol. The van der Waals surface area contributed by atoms with Crippen LogP contribution >= 0.6 is 0 Å². The maximum atomic E-state index is 12.9. The molecule has 4 saturated carbocycles. The first-order valence-corrected chi connectivity index (χ1v) is 18.9. The molecule has 5 rings (SSSR count). The second-order valence-electron chi connectivity index (χ2n) is 14.8. The molecular formula is C30H49K2NaO16S2. The zero-order valence-corrected chi connectivity index (χ0v) is 28.7. The normalized spacial score (nSPS) is 40.5. The van der Waals surface area contributed by atoms with E-state index in [9.17, 15) is 50.8 Å². The van der Waals surface area contributed by atoms with Gasteiger partial charge in [-0.2, -0.15) is 16.8 Å². The Hall–Kier alpha value is 2.53. The number of hydrogen-bond acceptors (Lipinski definition) is 13. The van der Waals surface area contributed by atoms with Crippen molar-refractivity contribution in [2.75, 3.05) is 6.61 Å². The zero-order chi connectivity index (χ0) is 35.6. The molecule has 21 heteroatoms. The number of hydrogen-bond donors (Lipinski definition) is 5. The molecule has 1 heterocycles. The van der Waals surface area contributed by atoms with Crippen molar-refractivity contribution in [3.63, 3.8) is 0 Å². The van der Waals surface area contributed by atoms with E-state index >= 15 is 0 Å². The number of fused-ring (bicyclic) bond motifs is 3. The minimum atomic E-state index is -5.42. The van der Waals surface area contributed by atoms with Gasteiger partial charge in [0.2, 0.25) is 0 Å². The molecule has 0 aromatic heterocycles. The molecule has 1 spiro atoms. The second kappa shape index (κ2) is 19.1. The molecule has 51 heavy (non-hydrogen) atoms. The van der Waals surface area contributed by atoms with Crippen LogP contribution in [0.25, 0.3) is 0 Å². The molecule has 2 bridgehead atoms. The van der Waals surface area contributed by atoms with E-state index in [-0.39, 0.29) is 175 Å². The van der Waals surface area contributed by atoms with E-state index in [1.165, 1.54) is 0 Å². The van der Waals surface area contributed by atoms with Crippen LogP contribution in [0, 0.1) is 40.4 Å². The Morgan fingerprint density at radius 1 is 1.00 bits per heavy atom. The molecule has 13 atom stereocenters. The minimum absolute atomic E-state index is 0. The van der Waals surface area contributed by atoms with Gasteiger partial charge in [0.1, 0.15) is 12.2 Å². The Morgan fingerprint density at radius 3 is 2.16 bits per heavy atom. The van der Waals surface area contributed by atoms with Crippen molar-refractivity contribution in [1.29, 1.82) is 0 Å². The Morgan fingerprint density at radius 2 is 1.61 bits per heavy atom. The summed E-state index contributed by atoms with van der Waals surface area (Å²) < 4.78 is 93.5. The number of aliphatic carboxylic acids is 1. The Labute approximate surface area is 406 Å². The fraction of sp³-hybridized carbons (Fsp3) is 0.867. The maximum absolute atomic E-state index is 12.9. The van der Waals surface area contributed by atoms with E-state index in [2.05, 4.69) is 10.8 Å². The fourth-order valence-corrected chi connectivity index (χ4v) is 10.8. The average molecular weight is 831 g/mol. The number of esters is 1. The van der Waals surface area contributed by atoms with Gasteiger partial charge in [-0.1, -0.05) is 27.4 Å². The fourth-order valence-electron chi connectivity index (χ4n) is 9.82. The van der Waals surface area contributed by atoms with Crippen molar-refractivity contribution in [1.82, 2.24) is 0 Å². The Kier molecular flexibility index (Phi) is 18.6. The van der Waals surface area contributed by atoms with E-state index in [4.69, 9.17) is 18.4 Å². The molecule has 5 fully saturated rings. The number of rotatable bonds is 11. The number of aliphatic hydroxyl groups is 2. The molecule has 4 aliphatic carbocycles. The van der Waals surface area contributed by atoms with Gasteiger partial charge in [-0.15, -0.1) is 0 Å². The van der Waals surface area contributed by atoms with E-state index in [1.54, 1.807) is 13.8 Å². The summed E-state index contributed by atoms with van der Waals surface area (Å²) in [6.07, 6.45) is -7.93. The monoisotopic (exact) mass is 830 g/mol. The summed E-state index contributed by atoms with van der Waals surface area (Å²) in [5.41, 5.74) is -0.319. The summed E-state index contributed by atoms with van der Waals surface area (Å²) in [7, 11) is -10.8. The molecule has 0 aromatic carbocycles. The molecule has 0 amide bonds. The van der Waals surface area contributed by atoms with Crippen molar-refractivity contribution in [3.05, 3.63) is 12.2 Å². The number of carboxylic acids is 1. The van der Waals surface area contributed by atoms with Gasteiger partial charge in [-0.3, -0.25) is 18.7 Å². The van der Waals surface area contributed by atoms with Crippen LogP contribution in [0.3, 0.4) is 0 Å². The first kappa shape index (κ1) is 49.7. The standard InChI is InChI=1S/C30H46O16S2.2K.Na.3H/c1-14(2)9-22(32)44-25-24(46-48(39,40)41)23(45-47(36,37)38)20(13-31)43-28(25)42-17-10-18(27(34)35)19-7-8-30-11-16(15(3)26(30)33)5-6-21(30)29(19,4)12-17;;;;;;/h14,16-21,23-26,28,31,33H,3,5-13H2,1-2,4H3,(H,34,35)(H,36,37,38)(H,39,40,41);;;;;;/t16-,17+,18+,19+,20+,21-,23+,24-,25+,26-,28+,29+,30+;;;;;;/m0....../s1. The third-order valence-electron chi connectivity index (χ3n) is 11.5. The van der Waals surface area contributed by atoms with Crippen LogP contribution in [0.2, 0.25) is 0 Å². The average Bonchev–Trinajstić information content (AvgIpc) is 3.12. The molecule has 0 radical (unpaired) electrons. The predicted octanol–water partition coefficient (Wildman–Crippen LogP) is -0.278. The molecule has 0 aromatic rings. The number of carboxylic acid groups (broad SMARTS) is 1. The van der Waals surface area contributed by atoms with Crippen molar-refractivity contribution in [2.24, 2.45) is 40.4 Å². The Bertz CT molecular complexity index is 1500. The summed E-state index contributed by atoms with van der Waals surface area (Å²) in [6.45, 7) is 8.52. The summed E-state index contributed by atoms with van der Waals surface area (Å²) in [5.74, 6) is -3.25. The van der Waals surface area contributed by atoms with Gasteiger partial charge in [0.15, 0.2) is 18.5 Å². The van der Waals surface area contributed by atoms with Gasteiger partial charge in [0, 0.05) is 11.8 Å². The van der Waals surface area contributed by atoms with Gasteiger partial charge in [0.05, 0.1) is 24.7 Å². The van der Waals surface area contributed by atoms with Crippen LogP contribution in [-0.4, -0.2) is 235 Å². The van der Waals surface area contributed by atoms with Crippen LogP contribution in [0.4, 0.5) is 0 Å². The first-order valence-electron chi connectivity index (χ1n) is 16.2. The van der Waals surface area contributed by atoms with Crippen LogP contribution in [0.5, 0.6) is 0 Å². The van der Waals surface area contributed by atoms with E-state index in [0.717, 1.165) is 24.8 Å². The Balaban J connectivity index is 0.00000300. The third kappa shape index (κ3) is 10.8. The summed E-state index contributed by atoms with van der Waals surface area (Å²) in [5, 5.41) is 32.0. The number of carbonyl (C=O) groups excluding carboxylic acids is 1. The van der Waals surface area contributed by atoms with Gasteiger partial charge >= 0.3 is 165 Å². The molecule has 1 aliphatic heterocycles. The molecule has 16 nitrogen and oxygen atoms in total. The van der Waals surface area contributed by atoms with Crippen LogP contribution in [0.1, 0.15) is 72.1 Å². The van der Waals surface area contributed by atoms with Crippen molar-refractivity contribution < 1.29 is 73.4 Å². The predicted molar refractivity (Wildman–Crippen MR) is 184 cm³/mol. The zero-order valence-electron chi connectivity index (χ0n) is 27.0. The van der Waals surface area contributed by atoms with E-state index in [1.807, 2.05) is 6.92 Å². The summed E-state index contributed by atoms with van der Waals surface area (Å²) >= 11 is 0. The number of aliphatic hydroxyl groups excluding tert-OH is 2. The number of ether oxygens (including phenoxy) is 3. The van der Waals surface area contributed by atoms with Crippen molar-refractivity contribution in [2.45, 2.75) is 115 Å². The van der Waals surface area contributed by atoms with E-state index < -0.39 is 99.0 Å². The van der Waals surface area contributed by atoms with Gasteiger partial charge in [0.25, 0.3) is 0 Å². The topological polar surface area (TPSA) is 250 Å². The van der Waals surface area contributed by atoms with Crippen LogP contribution in [0.15, 0.2) is 12.2 Å². The van der Waals surface area contributed by atoms with Gasteiger partial charge in [-0.25, -0.2) is 8.37 Å². The summed E-state index contributed by atoms with van der Waals surface area (Å²) in [6, 6.07) is 0. The second-order valence-corrected chi connectivity index (χ2v) is 16.9. The van der Waals surface area contributed by atoms with Crippen LogP contribution in [-0.2, 0) is 53.0 Å². The molecule has 0 unspecified atom stereocenters. The van der Waals surface area contributed by atoms with Gasteiger partial charge in [-0.05, 0) is 79.6 Å². The van der Waals surface area contributed by atoms with E-state index in [0.29, 0.717) is 12.8 Å². The third-order valence-corrected chi connectivity index (χ3v) is 12.4. The SMILES string of the molecule is C=C1[C@H]2CC[C@H]3[C@]4(C)C[C@H](O[C@@H]5O[C@H](CO)[C@@H](OS(=O)(=O)O)[C@H](OS(=O)(=O)O)[C@H]5OC(=O)CC(C)C)C[C@@H](C(=O)O)[C@H]4CC[C@]3(C2)[C@H]1O.[KH].[KH].[NaH]. The molecule has 5 N–H and O–H groups in total. The molecule has 5 aliphatic rings. The van der Waals surface area contributed by atoms with Crippen molar-refractivity contribution in [3.8, 4) is 0 Å². The quantitative estimate of drug-likeness (QED) is 0.0591. The molecule has 1 saturated heterocycles.